The highest BCUT2D eigenvalue weighted by molar-refractivity contribution is 9.10. The first-order valence-electron chi connectivity index (χ1n) is 5.08. The second kappa shape index (κ2) is 6.82. The lowest BCUT2D eigenvalue weighted by atomic mass is 10.2. The number of aromatic nitrogens is 1. The molecule has 0 saturated heterocycles. The van der Waals surface area contributed by atoms with E-state index in [1.807, 2.05) is 18.2 Å². The molecule has 3 heteroatoms. The number of halogens is 1. The van der Waals surface area contributed by atoms with Crippen molar-refractivity contribution in [2.24, 2.45) is 0 Å². The minimum atomic E-state index is 0.705. The maximum Gasteiger partial charge on any atom is 0.214 e. The first kappa shape index (κ1) is 11.5. The molecule has 1 rings (SSSR count). The quantitative estimate of drug-likeness (QED) is 0.572. The Balaban J connectivity index is 2.18. The number of rotatable bonds is 6. The number of nitrogens with zero attached hydrogens (tertiary/aromatic N) is 1. The highest BCUT2D eigenvalue weighted by Gasteiger charge is 1.95. The van der Waals surface area contributed by atoms with Gasteiger partial charge < -0.3 is 4.74 Å². The minimum absolute atomic E-state index is 0.705. The van der Waals surface area contributed by atoms with Gasteiger partial charge in [-0.05, 0) is 28.4 Å². The molecule has 0 spiro atoms. The van der Waals surface area contributed by atoms with Gasteiger partial charge in [0.2, 0.25) is 5.88 Å². The Labute approximate surface area is 93.8 Å². The molecule has 0 amide bonds. The lowest BCUT2D eigenvalue weighted by molar-refractivity contribution is 0.293. The Morgan fingerprint density at radius 1 is 1.29 bits per heavy atom. The highest BCUT2D eigenvalue weighted by atomic mass is 79.9. The minimum Gasteiger partial charge on any atom is -0.478 e. The third kappa shape index (κ3) is 4.61. The van der Waals surface area contributed by atoms with Gasteiger partial charge in [0.05, 0.1) is 6.61 Å². The van der Waals surface area contributed by atoms with E-state index >= 15 is 0 Å². The summed E-state index contributed by atoms with van der Waals surface area (Å²) >= 11 is 3.30. The third-order valence-electron chi connectivity index (χ3n) is 1.94. The van der Waals surface area contributed by atoms with E-state index in [0.717, 1.165) is 17.6 Å². The molecule has 0 unspecified atom stereocenters. The van der Waals surface area contributed by atoms with E-state index in [4.69, 9.17) is 4.74 Å². The molecule has 0 N–H and O–H groups in total. The van der Waals surface area contributed by atoms with Crippen LogP contribution >= 0.6 is 15.9 Å². The summed E-state index contributed by atoms with van der Waals surface area (Å²) in [6.45, 7) is 2.97. The number of hydrogen-bond acceptors (Lipinski definition) is 2. The van der Waals surface area contributed by atoms with Gasteiger partial charge in [-0.2, -0.15) is 0 Å². The van der Waals surface area contributed by atoms with Gasteiger partial charge >= 0.3 is 0 Å². The van der Waals surface area contributed by atoms with E-state index in [2.05, 4.69) is 27.8 Å². The third-order valence-corrected chi connectivity index (χ3v) is 2.38. The van der Waals surface area contributed by atoms with Gasteiger partial charge in [-0.3, -0.25) is 0 Å². The Bertz CT molecular complexity index is 265. The van der Waals surface area contributed by atoms with Crippen LogP contribution in [-0.2, 0) is 0 Å². The zero-order chi connectivity index (χ0) is 10.2. The van der Waals surface area contributed by atoms with Gasteiger partial charge in [0, 0.05) is 6.07 Å². The molecule has 0 bridgehead atoms. The molecule has 14 heavy (non-hydrogen) atoms. The Kier molecular flexibility index (Phi) is 5.60. The molecule has 2 nitrogen and oxygen atoms in total. The maximum absolute atomic E-state index is 5.49. The number of ether oxygens (including phenoxy) is 1. The van der Waals surface area contributed by atoms with Gasteiger partial charge in [0.15, 0.2) is 0 Å². The number of unbranched alkanes of at least 4 members (excludes halogenated alkanes) is 3. The molecule has 0 aromatic carbocycles. The van der Waals surface area contributed by atoms with Gasteiger partial charge in [-0.1, -0.05) is 32.3 Å². The monoisotopic (exact) mass is 257 g/mol. The van der Waals surface area contributed by atoms with Gasteiger partial charge in [-0.25, -0.2) is 4.98 Å². The zero-order valence-corrected chi connectivity index (χ0v) is 10.1. The molecule has 0 atom stereocenters. The first-order chi connectivity index (χ1) is 6.83. The Hall–Kier alpha value is -0.570. The molecular weight excluding hydrogens is 242 g/mol. The predicted molar refractivity (Wildman–Crippen MR) is 61.6 cm³/mol. The van der Waals surface area contributed by atoms with Crippen molar-refractivity contribution in [1.82, 2.24) is 4.98 Å². The SMILES string of the molecule is CCCCCCOc1cccc(Br)n1. The van der Waals surface area contributed by atoms with Crippen molar-refractivity contribution < 1.29 is 4.74 Å². The molecule has 1 aromatic heterocycles. The summed E-state index contributed by atoms with van der Waals surface area (Å²) in [6.07, 6.45) is 4.90. The van der Waals surface area contributed by atoms with Crippen molar-refractivity contribution in [2.75, 3.05) is 6.61 Å². The average molecular weight is 258 g/mol. The highest BCUT2D eigenvalue weighted by Crippen LogP contribution is 2.12. The zero-order valence-electron chi connectivity index (χ0n) is 8.50. The summed E-state index contributed by atoms with van der Waals surface area (Å²) in [5.74, 6) is 0.705. The van der Waals surface area contributed by atoms with Crippen molar-refractivity contribution in [3.8, 4) is 5.88 Å². The molecule has 1 heterocycles. The van der Waals surface area contributed by atoms with E-state index < -0.39 is 0 Å². The van der Waals surface area contributed by atoms with Crippen LogP contribution in [0.4, 0.5) is 0 Å². The van der Waals surface area contributed by atoms with Crippen LogP contribution in [0.25, 0.3) is 0 Å². The lowest BCUT2D eigenvalue weighted by Crippen LogP contribution is -1.98. The van der Waals surface area contributed by atoms with Crippen LogP contribution in [0.5, 0.6) is 5.88 Å². The van der Waals surface area contributed by atoms with Crippen LogP contribution in [0, 0.1) is 0 Å². The Morgan fingerprint density at radius 3 is 2.86 bits per heavy atom. The number of hydrogen-bond donors (Lipinski definition) is 0. The van der Waals surface area contributed by atoms with Crippen LogP contribution in [0.15, 0.2) is 22.8 Å². The van der Waals surface area contributed by atoms with Crippen LogP contribution in [0.2, 0.25) is 0 Å². The van der Waals surface area contributed by atoms with Crippen LogP contribution in [0.3, 0.4) is 0 Å². The maximum atomic E-state index is 5.49. The summed E-state index contributed by atoms with van der Waals surface area (Å²) in [5, 5.41) is 0. The van der Waals surface area contributed by atoms with Gasteiger partial charge in [-0.15, -0.1) is 0 Å². The normalized spacial score (nSPS) is 10.1. The summed E-state index contributed by atoms with van der Waals surface area (Å²) in [7, 11) is 0. The van der Waals surface area contributed by atoms with Crippen LogP contribution in [0.1, 0.15) is 32.6 Å². The van der Waals surface area contributed by atoms with Crippen LogP contribution in [-0.4, -0.2) is 11.6 Å². The smallest absolute Gasteiger partial charge is 0.214 e. The van der Waals surface area contributed by atoms with Crippen LogP contribution < -0.4 is 4.74 Å². The molecule has 78 valence electrons. The van der Waals surface area contributed by atoms with Gasteiger partial charge in [0.1, 0.15) is 4.60 Å². The lowest BCUT2D eigenvalue weighted by Gasteiger charge is -2.04. The summed E-state index contributed by atoms with van der Waals surface area (Å²) in [5.41, 5.74) is 0. The molecule has 0 aliphatic carbocycles. The average Bonchev–Trinajstić information content (AvgIpc) is 2.18. The molecule has 0 aliphatic rings. The second-order valence-corrected chi connectivity index (χ2v) is 4.02. The molecular formula is C11H16BrNO. The van der Waals surface area contributed by atoms with Crippen molar-refractivity contribution >= 4 is 15.9 Å². The van der Waals surface area contributed by atoms with Gasteiger partial charge in [0.25, 0.3) is 0 Å². The van der Waals surface area contributed by atoms with Crippen molar-refractivity contribution in [3.05, 3.63) is 22.8 Å². The predicted octanol–water partition coefficient (Wildman–Crippen LogP) is 3.80. The van der Waals surface area contributed by atoms with E-state index in [1.54, 1.807) is 0 Å². The van der Waals surface area contributed by atoms with E-state index in [9.17, 15) is 0 Å². The molecule has 0 radical (unpaired) electrons. The fourth-order valence-electron chi connectivity index (χ4n) is 1.18. The topological polar surface area (TPSA) is 22.1 Å². The largest absolute Gasteiger partial charge is 0.478 e. The van der Waals surface area contributed by atoms with Crippen molar-refractivity contribution in [2.45, 2.75) is 32.6 Å². The molecule has 0 saturated carbocycles. The van der Waals surface area contributed by atoms with Crippen molar-refractivity contribution in [3.63, 3.8) is 0 Å². The Morgan fingerprint density at radius 2 is 2.14 bits per heavy atom. The van der Waals surface area contributed by atoms with E-state index in [1.165, 1.54) is 19.3 Å². The molecule has 0 fully saturated rings. The second-order valence-electron chi connectivity index (χ2n) is 3.21. The molecule has 0 aliphatic heterocycles. The molecule has 1 aromatic rings. The fourth-order valence-corrected chi connectivity index (χ4v) is 1.50. The summed E-state index contributed by atoms with van der Waals surface area (Å²) in [6, 6.07) is 5.70. The first-order valence-corrected chi connectivity index (χ1v) is 5.87. The number of pyridine rings is 1. The van der Waals surface area contributed by atoms with E-state index in [-0.39, 0.29) is 0 Å². The van der Waals surface area contributed by atoms with Crippen molar-refractivity contribution in [1.29, 1.82) is 0 Å². The standard InChI is InChI=1S/C11H16BrNO/c1-2-3-4-5-9-14-11-8-6-7-10(12)13-11/h6-8H,2-5,9H2,1H3. The summed E-state index contributed by atoms with van der Waals surface area (Å²) < 4.78 is 6.32. The summed E-state index contributed by atoms with van der Waals surface area (Å²) in [4.78, 5) is 4.19. The fraction of sp³-hybridized carbons (Fsp3) is 0.545. The van der Waals surface area contributed by atoms with E-state index in [0.29, 0.717) is 5.88 Å².